The fraction of sp³-hybridized carbons (Fsp3) is 0.550. The molecule has 0 spiro atoms. The number of aliphatic carboxylic acids is 1. The van der Waals surface area contributed by atoms with Crippen molar-refractivity contribution in [2.45, 2.75) is 70.8 Å². The summed E-state index contributed by atoms with van der Waals surface area (Å²) in [5.74, 6) is -1.14. The summed E-state index contributed by atoms with van der Waals surface area (Å²) in [5, 5.41) is 17.6. The Morgan fingerprint density at radius 1 is 0.870 bits per heavy atom. The lowest BCUT2D eigenvalue weighted by atomic mass is 10.1. The van der Waals surface area contributed by atoms with E-state index in [1.54, 1.807) is 0 Å². The number of hydrogen-bond donors (Lipinski definition) is 2. The van der Waals surface area contributed by atoms with Gasteiger partial charge in [0.15, 0.2) is 6.10 Å². The lowest BCUT2D eigenvalue weighted by molar-refractivity contribution is -0.146. The lowest BCUT2D eigenvalue weighted by Crippen LogP contribution is -2.18. The van der Waals surface area contributed by atoms with E-state index in [2.05, 4.69) is 37.3 Å². The zero-order valence-electron chi connectivity index (χ0n) is 14.4. The second kappa shape index (κ2) is 16.8. The summed E-state index contributed by atoms with van der Waals surface area (Å²) in [6.07, 6.45) is 24.4. The number of rotatable bonds is 14. The maximum absolute atomic E-state index is 10.4. The van der Waals surface area contributed by atoms with Gasteiger partial charge in [0.25, 0.3) is 0 Å². The summed E-state index contributed by atoms with van der Waals surface area (Å²) in [5.41, 5.74) is 0. The molecule has 0 saturated heterocycles. The normalized spacial score (nSPS) is 13.8. The SMILES string of the molecule is CCCCC/C=C/C/C=C/C/C=C/C=C/CCCC(O)C(=O)O. The van der Waals surface area contributed by atoms with Crippen LogP contribution in [0, 0.1) is 0 Å². The Labute approximate surface area is 141 Å². The number of aliphatic hydroxyl groups is 1. The lowest BCUT2D eigenvalue weighted by Gasteiger charge is -2.01. The van der Waals surface area contributed by atoms with Crippen molar-refractivity contribution < 1.29 is 15.0 Å². The summed E-state index contributed by atoms with van der Waals surface area (Å²) in [4.78, 5) is 10.4. The van der Waals surface area contributed by atoms with Crippen molar-refractivity contribution in [3.8, 4) is 0 Å². The first kappa shape index (κ1) is 21.4. The van der Waals surface area contributed by atoms with Gasteiger partial charge in [-0.3, -0.25) is 0 Å². The average Bonchev–Trinajstić information content (AvgIpc) is 2.54. The monoisotopic (exact) mass is 320 g/mol. The van der Waals surface area contributed by atoms with Gasteiger partial charge in [0.05, 0.1) is 0 Å². The molecule has 130 valence electrons. The highest BCUT2D eigenvalue weighted by atomic mass is 16.4. The first-order valence-corrected chi connectivity index (χ1v) is 8.71. The molecule has 1 atom stereocenters. The van der Waals surface area contributed by atoms with Crippen molar-refractivity contribution >= 4 is 5.97 Å². The number of carbonyl (C=O) groups is 1. The third-order valence-corrected chi connectivity index (χ3v) is 3.37. The minimum Gasteiger partial charge on any atom is -0.479 e. The predicted octanol–water partition coefficient (Wildman–Crippen LogP) is 5.19. The molecular formula is C20H32O3. The quantitative estimate of drug-likeness (QED) is 0.263. The second-order valence-electron chi connectivity index (χ2n) is 5.55. The van der Waals surface area contributed by atoms with Crippen molar-refractivity contribution in [2.75, 3.05) is 0 Å². The highest BCUT2D eigenvalue weighted by Gasteiger charge is 2.10. The van der Waals surface area contributed by atoms with Gasteiger partial charge in [0.2, 0.25) is 0 Å². The Kier molecular flexibility index (Phi) is 15.6. The molecule has 0 rings (SSSR count). The zero-order valence-corrected chi connectivity index (χ0v) is 14.4. The van der Waals surface area contributed by atoms with Crippen LogP contribution in [0.1, 0.15) is 64.7 Å². The second-order valence-corrected chi connectivity index (χ2v) is 5.55. The summed E-state index contributed by atoms with van der Waals surface area (Å²) in [7, 11) is 0. The average molecular weight is 320 g/mol. The Bertz CT molecular complexity index is 392. The molecule has 0 aliphatic heterocycles. The van der Waals surface area contributed by atoms with Crippen LogP contribution in [0.15, 0.2) is 48.6 Å². The Morgan fingerprint density at radius 2 is 1.48 bits per heavy atom. The number of hydrogen-bond acceptors (Lipinski definition) is 2. The van der Waals surface area contributed by atoms with Crippen molar-refractivity contribution in [1.29, 1.82) is 0 Å². The molecule has 0 fully saturated rings. The molecule has 0 amide bonds. The first-order chi connectivity index (χ1) is 11.2. The van der Waals surface area contributed by atoms with E-state index in [1.165, 1.54) is 25.7 Å². The molecule has 0 aromatic carbocycles. The van der Waals surface area contributed by atoms with Crippen LogP contribution in [0.4, 0.5) is 0 Å². The summed E-state index contributed by atoms with van der Waals surface area (Å²) >= 11 is 0. The third-order valence-electron chi connectivity index (χ3n) is 3.37. The van der Waals surface area contributed by atoms with Crippen LogP contribution < -0.4 is 0 Å². The van der Waals surface area contributed by atoms with E-state index in [1.807, 2.05) is 18.2 Å². The molecule has 0 bridgehead atoms. The van der Waals surface area contributed by atoms with Crippen LogP contribution in [0.2, 0.25) is 0 Å². The molecule has 0 aliphatic rings. The zero-order chi connectivity index (χ0) is 17.2. The number of aliphatic hydroxyl groups excluding tert-OH is 1. The van der Waals surface area contributed by atoms with Gasteiger partial charge in [-0.15, -0.1) is 0 Å². The number of allylic oxidation sites excluding steroid dienone is 8. The fourth-order valence-electron chi connectivity index (χ4n) is 1.96. The van der Waals surface area contributed by atoms with E-state index >= 15 is 0 Å². The van der Waals surface area contributed by atoms with Gasteiger partial charge in [-0.25, -0.2) is 4.79 Å². The van der Waals surface area contributed by atoms with Gasteiger partial charge >= 0.3 is 5.97 Å². The number of carboxylic acid groups (broad SMARTS) is 1. The summed E-state index contributed by atoms with van der Waals surface area (Å²) in [6.45, 7) is 2.22. The van der Waals surface area contributed by atoms with Gasteiger partial charge in [-0.2, -0.15) is 0 Å². The third kappa shape index (κ3) is 16.6. The van der Waals surface area contributed by atoms with Crippen molar-refractivity contribution in [1.82, 2.24) is 0 Å². The maximum atomic E-state index is 10.4. The van der Waals surface area contributed by atoms with Gasteiger partial charge in [-0.1, -0.05) is 68.4 Å². The molecule has 0 aromatic heterocycles. The molecule has 3 heteroatoms. The smallest absolute Gasteiger partial charge is 0.332 e. The van der Waals surface area contributed by atoms with Crippen LogP contribution in [0.3, 0.4) is 0 Å². The molecule has 0 saturated carbocycles. The molecule has 23 heavy (non-hydrogen) atoms. The predicted molar refractivity (Wildman–Crippen MR) is 97.4 cm³/mol. The van der Waals surface area contributed by atoms with E-state index in [-0.39, 0.29) is 0 Å². The minimum absolute atomic E-state index is 0.304. The van der Waals surface area contributed by atoms with Gasteiger partial charge in [0.1, 0.15) is 0 Å². The topological polar surface area (TPSA) is 57.5 Å². The molecule has 2 N–H and O–H groups in total. The van der Waals surface area contributed by atoms with Crippen molar-refractivity contribution in [3.63, 3.8) is 0 Å². The van der Waals surface area contributed by atoms with Crippen LogP contribution >= 0.6 is 0 Å². The van der Waals surface area contributed by atoms with Crippen LogP contribution in [-0.4, -0.2) is 22.3 Å². The van der Waals surface area contributed by atoms with E-state index < -0.39 is 12.1 Å². The van der Waals surface area contributed by atoms with Crippen LogP contribution in [0.5, 0.6) is 0 Å². The largest absolute Gasteiger partial charge is 0.479 e. The van der Waals surface area contributed by atoms with E-state index in [0.29, 0.717) is 12.8 Å². The highest BCUT2D eigenvalue weighted by Crippen LogP contribution is 2.02. The molecule has 0 aliphatic carbocycles. The van der Waals surface area contributed by atoms with E-state index in [0.717, 1.165) is 19.3 Å². The van der Waals surface area contributed by atoms with Crippen LogP contribution in [0.25, 0.3) is 0 Å². The molecule has 0 heterocycles. The standard InChI is InChI=1S/C20H32O3/c1-2-3-4-5-6-7-8-9-10-11-12-13-14-15-16-17-18-19(21)20(22)23/h6-7,9-10,12-15,19,21H,2-5,8,11,16-18H2,1H3,(H,22,23)/b7-6+,10-9+,13-12+,15-14+. The Hall–Kier alpha value is -1.61. The van der Waals surface area contributed by atoms with Crippen LogP contribution in [-0.2, 0) is 4.79 Å². The highest BCUT2D eigenvalue weighted by molar-refractivity contribution is 5.71. The number of unbranched alkanes of at least 4 members (excludes halogenated alkanes) is 4. The summed E-state index contributed by atoms with van der Waals surface area (Å²) in [6, 6.07) is 0. The minimum atomic E-state index is -1.23. The Morgan fingerprint density at radius 3 is 2.17 bits per heavy atom. The molecule has 1 unspecified atom stereocenters. The summed E-state index contributed by atoms with van der Waals surface area (Å²) < 4.78 is 0. The molecule has 0 aromatic rings. The molecule has 0 radical (unpaired) electrons. The van der Waals surface area contributed by atoms with Crippen molar-refractivity contribution in [2.24, 2.45) is 0 Å². The fourth-order valence-corrected chi connectivity index (χ4v) is 1.96. The molecule has 3 nitrogen and oxygen atoms in total. The van der Waals surface area contributed by atoms with Gasteiger partial charge in [0, 0.05) is 0 Å². The first-order valence-electron chi connectivity index (χ1n) is 8.71. The number of carboxylic acids is 1. The maximum Gasteiger partial charge on any atom is 0.332 e. The van der Waals surface area contributed by atoms with E-state index in [9.17, 15) is 4.79 Å². The van der Waals surface area contributed by atoms with Gasteiger partial charge in [-0.05, 0) is 44.9 Å². The van der Waals surface area contributed by atoms with Gasteiger partial charge < -0.3 is 10.2 Å². The van der Waals surface area contributed by atoms with E-state index in [4.69, 9.17) is 10.2 Å². The Balaban J connectivity index is 3.50. The van der Waals surface area contributed by atoms with Crippen molar-refractivity contribution in [3.05, 3.63) is 48.6 Å². The molecular weight excluding hydrogens is 288 g/mol.